The summed E-state index contributed by atoms with van der Waals surface area (Å²) in [5.41, 5.74) is 1.45. The van der Waals surface area contributed by atoms with Gasteiger partial charge in [0, 0.05) is 22.6 Å². The molecule has 0 fully saturated rings. The Bertz CT molecular complexity index is 681. The summed E-state index contributed by atoms with van der Waals surface area (Å²) in [6.07, 6.45) is 1.35. The smallest absolute Gasteiger partial charge is 0.224 e. The van der Waals surface area contributed by atoms with Crippen LogP contribution in [0.25, 0.3) is 0 Å². The van der Waals surface area contributed by atoms with E-state index >= 15 is 0 Å². The molecule has 0 aliphatic heterocycles. The van der Waals surface area contributed by atoms with Crippen molar-refractivity contribution >= 4 is 29.1 Å². The summed E-state index contributed by atoms with van der Waals surface area (Å²) in [6, 6.07) is 14.6. The molecule has 4 nitrogen and oxygen atoms in total. The van der Waals surface area contributed by atoms with Crippen LogP contribution in [-0.4, -0.2) is 24.6 Å². The molecule has 0 atom stereocenters. The maximum atomic E-state index is 12.2. The van der Waals surface area contributed by atoms with Crippen molar-refractivity contribution in [3.05, 3.63) is 54.1 Å². The Hall–Kier alpha value is -2.27. The molecule has 0 saturated carbocycles. The number of hydrogen-bond donors (Lipinski definition) is 1. The highest BCUT2D eigenvalue weighted by Crippen LogP contribution is 2.22. The second-order valence-electron chi connectivity index (χ2n) is 5.26. The zero-order valence-electron chi connectivity index (χ0n) is 13.9. The molecule has 2 aromatic rings. The second kappa shape index (κ2) is 9.13. The number of carbonyl (C=O) groups is 2. The van der Waals surface area contributed by atoms with Crippen molar-refractivity contribution in [3.63, 3.8) is 0 Å². The molecular formula is C19H21NO3S. The first-order valence-electron chi connectivity index (χ1n) is 7.82. The van der Waals surface area contributed by atoms with Crippen LogP contribution in [0.1, 0.15) is 30.1 Å². The molecule has 0 aliphatic carbocycles. The van der Waals surface area contributed by atoms with E-state index in [1.165, 1.54) is 11.8 Å². The van der Waals surface area contributed by atoms with E-state index < -0.39 is 0 Å². The van der Waals surface area contributed by atoms with Crippen molar-refractivity contribution in [2.75, 3.05) is 18.2 Å². The van der Waals surface area contributed by atoms with E-state index in [2.05, 4.69) is 5.32 Å². The number of amides is 1. The van der Waals surface area contributed by atoms with Crippen molar-refractivity contribution in [1.29, 1.82) is 0 Å². The fourth-order valence-electron chi connectivity index (χ4n) is 2.09. The van der Waals surface area contributed by atoms with Gasteiger partial charge in [-0.2, -0.15) is 0 Å². The zero-order valence-corrected chi connectivity index (χ0v) is 14.7. The van der Waals surface area contributed by atoms with Gasteiger partial charge in [-0.15, -0.1) is 11.8 Å². The number of ketones is 1. The van der Waals surface area contributed by atoms with E-state index in [4.69, 9.17) is 4.74 Å². The van der Waals surface area contributed by atoms with E-state index in [1.807, 2.05) is 31.2 Å². The van der Waals surface area contributed by atoms with Crippen LogP contribution in [0.2, 0.25) is 0 Å². The van der Waals surface area contributed by atoms with Crippen LogP contribution >= 0.6 is 11.8 Å². The van der Waals surface area contributed by atoms with Crippen LogP contribution in [0, 0.1) is 0 Å². The molecular weight excluding hydrogens is 322 g/mol. The average Bonchev–Trinajstić information content (AvgIpc) is 2.61. The topological polar surface area (TPSA) is 55.4 Å². The van der Waals surface area contributed by atoms with Crippen molar-refractivity contribution < 1.29 is 14.3 Å². The molecule has 24 heavy (non-hydrogen) atoms. The molecule has 0 unspecified atom stereocenters. The summed E-state index contributed by atoms with van der Waals surface area (Å²) >= 11 is 1.48. The van der Waals surface area contributed by atoms with Gasteiger partial charge >= 0.3 is 0 Å². The largest absolute Gasteiger partial charge is 0.497 e. The lowest BCUT2D eigenvalue weighted by Crippen LogP contribution is -2.10. The average molecular weight is 343 g/mol. The number of benzene rings is 2. The number of Topliss-reactive ketones (excluding diaryl/α,β-unsaturated/α-hetero) is 1. The number of hydrogen-bond acceptors (Lipinski definition) is 4. The SMILES string of the molecule is CCCC(=O)Nc1ccc(SCC(=O)c2ccc(OC)cc2)cc1. The Morgan fingerprint density at radius 1 is 1.04 bits per heavy atom. The third kappa shape index (κ3) is 5.42. The summed E-state index contributed by atoms with van der Waals surface area (Å²) in [6.45, 7) is 1.97. The maximum absolute atomic E-state index is 12.2. The first kappa shape index (κ1) is 18.1. The third-order valence-corrected chi connectivity index (χ3v) is 4.41. The molecule has 0 saturated heterocycles. The molecule has 126 valence electrons. The van der Waals surface area contributed by atoms with Crippen LogP contribution in [0.5, 0.6) is 5.75 Å². The lowest BCUT2D eigenvalue weighted by molar-refractivity contribution is -0.116. The number of methoxy groups -OCH3 is 1. The Labute approximate surface area is 146 Å². The van der Waals surface area contributed by atoms with E-state index in [-0.39, 0.29) is 11.7 Å². The lowest BCUT2D eigenvalue weighted by Gasteiger charge is -2.06. The number of nitrogens with one attached hydrogen (secondary N) is 1. The molecule has 0 aromatic heterocycles. The maximum Gasteiger partial charge on any atom is 0.224 e. The van der Waals surface area contributed by atoms with E-state index in [0.29, 0.717) is 17.7 Å². The van der Waals surface area contributed by atoms with Crippen LogP contribution < -0.4 is 10.1 Å². The first-order valence-corrected chi connectivity index (χ1v) is 8.81. The molecule has 0 bridgehead atoms. The van der Waals surface area contributed by atoms with Gasteiger partial charge in [0.1, 0.15) is 5.75 Å². The summed E-state index contributed by atoms with van der Waals surface area (Å²) in [7, 11) is 1.60. The highest BCUT2D eigenvalue weighted by Gasteiger charge is 2.07. The van der Waals surface area contributed by atoms with Crippen molar-refractivity contribution in [2.24, 2.45) is 0 Å². The van der Waals surface area contributed by atoms with Crippen LogP contribution in [0.4, 0.5) is 5.69 Å². The van der Waals surface area contributed by atoms with E-state index in [1.54, 1.807) is 31.4 Å². The molecule has 2 aromatic carbocycles. The highest BCUT2D eigenvalue weighted by atomic mass is 32.2. The summed E-state index contributed by atoms with van der Waals surface area (Å²) in [5.74, 6) is 1.20. The van der Waals surface area contributed by atoms with Crippen LogP contribution in [0.3, 0.4) is 0 Å². The Kier molecular flexibility index (Phi) is 6.88. The number of anilines is 1. The molecule has 2 rings (SSSR count). The minimum absolute atomic E-state index is 0.0209. The normalized spacial score (nSPS) is 10.2. The van der Waals surface area contributed by atoms with Gasteiger partial charge in [-0.3, -0.25) is 9.59 Å². The van der Waals surface area contributed by atoms with Crippen molar-refractivity contribution in [2.45, 2.75) is 24.7 Å². The minimum atomic E-state index is 0.0209. The van der Waals surface area contributed by atoms with Crippen LogP contribution in [0.15, 0.2) is 53.4 Å². The van der Waals surface area contributed by atoms with Gasteiger partial charge in [0.15, 0.2) is 5.78 Å². The van der Waals surface area contributed by atoms with Gasteiger partial charge < -0.3 is 10.1 Å². The van der Waals surface area contributed by atoms with Crippen molar-refractivity contribution in [3.8, 4) is 5.75 Å². The van der Waals surface area contributed by atoms with E-state index in [0.717, 1.165) is 22.8 Å². The Morgan fingerprint density at radius 2 is 1.71 bits per heavy atom. The number of thioether (sulfide) groups is 1. The molecule has 0 spiro atoms. The van der Waals surface area contributed by atoms with Crippen LogP contribution in [-0.2, 0) is 4.79 Å². The van der Waals surface area contributed by atoms with Gasteiger partial charge in [-0.05, 0) is 55.0 Å². The minimum Gasteiger partial charge on any atom is -0.497 e. The molecule has 5 heteroatoms. The highest BCUT2D eigenvalue weighted by molar-refractivity contribution is 8.00. The molecule has 0 aliphatic rings. The quantitative estimate of drug-likeness (QED) is 0.570. The number of rotatable bonds is 8. The molecule has 0 heterocycles. The van der Waals surface area contributed by atoms with E-state index in [9.17, 15) is 9.59 Å². The predicted octanol–water partition coefficient (Wildman–Crippen LogP) is 4.41. The molecule has 0 radical (unpaired) electrons. The summed E-state index contributed by atoms with van der Waals surface area (Å²) < 4.78 is 5.09. The third-order valence-electron chi connectivity index (χ3n) is 3.40. The Morgan fingerprint density at radius 3 is 2.29 bits per heavy atom. The predicted molar refractivity (Wildman–Crippen MR) is 98.0 cm³/mol. The number of carbonyl (C=O) groups excluding carboxylic acids is 2. The molecule has 1 N–H and O–H groups in total. The van der Waals surface area contributed by atoms with Gasteiger partial charge in [-0.1, -0.05) is 6.92 Å². The van der Waals surface area contributed by atoms with Gasteiger partial charge in [0.05, 0.1) is 12.9 Å². The lowest BCUT2D eigenvalue weighted by atomic mass is 10.1. The summed E-state index contributed by atoms with van der Waals surface area (Å²) in [4.78, 5) is 24.7. The number of ether oxygens (including phenoxy) is 1. The zero-order chi connectivity index (χ0) is 17.4. The molecule has 1 amide bonds. The van der Waals surface area contributed by atoms with Gasteiger partial charge in [0.2, 0.25) is 5.91 Å². The van der Waals surface area contributed by atoms with Gasteiger partial charge in [-0.25, -0.2) is 0 Å². The fourth-order valence-corrected chi connectivity index (χ4v) is 2.89. The Balaban J connectivity index is 1.87. The first-order chi connectivity index (χ1) is 11.6. The standard InChI is InChI=1S/C19H21NO3S/c1-3-4-19(22)20-15-7-11-17(12-8-15)24-13-18(21)14-5-9-16(23-2)10-6-14/h5-12H,3-4,13H2,1-2H3,(H,20,22). The summed E-state index contributed by atoms with van der Waals surface area (Å²) in [5, 5.41) is 2.84. The van der Waals surface area contributed by atoms with Crippen molar-refractivity contribution in [1.82, 2.24) is 0 Å². The fraction of sp³-hybridized carbons (Fsp3) is 0.263. The monoisotopic (exact) mass is 343 g/mol. The van der Waals surface area contributed by atoms with Gasteiger partial charge in [0.25, 0.3) is 0 Å². The second-order valence-corrected chi connectivity index (χ2v) is 6.31.